The molecular formula is C25H21Cl2N5O2. The molecule has 0 radical (unpaired) electrons. The van der Waals surface area contributed by atoms with Crippen LogP contribution in [0.3, 0.4) is 0 Å². The molecule has 7 nitrogen and oxygen atoms in total. The summed E-state index contributed by atoms with van der Waals surface area (Å²) < 4.78 is 7.12. The first-order chi connectivity index (χ1) is 16.5. The number of nitrogens with one attached hydrogen (secondary N) is 1. The van der Waals surface area contributed by atoms with E-state index in [4.69, 9.17) is 33.0 Å². The Labute approximate surface area is 206 Å². The van der Waals surface area contributed by atoms with Gasteiger partial charge in [-0.15, -0.1) is 0 Å². The predicted octanol–water partition coefficient (Wildman–Crippen LogP) is 4.82. The molecule has 3 heterocycles. The van der Waals surface area contributed by atoms with Crippen LogP contribution in [0.1, 0.15) is 23.2 Å². The van der Waals surface area contributed by atoms with Crippen LogP contribution in [-0.2, 0) is 17.6 Å². The Morgan fingerprint density at radius 1 is 1.21 bits per heavy atom. The number of methoxy groups -OCH3 is 1. The lowest BCUT2D eigenvalue weighted by Crippen LogP contribution is -2.37. The number of hydrogen-bond donors (Lipinski definition) is 1. The summed E-state index contributed by atoms with van der Waals surface area (Å²) in [6.07, 6.45) is 9.30. The molecule has 0 aliphatic heterocycles. The Hall–Kier alpha value is -3.42. The zero-order valence-electron chi connectivity index (χ0n) is 18.3. The highest BCUT2D eigenvalue weighted by Gasteiger charge is 2.23. The van der Waals surface area contributed by atoms with Gasteiger partial charge in [0, 0.05) is 30.6 Å². The van der Waals surface area contributed by atoms with Gasteiger partial charge in [0.25, 0.3) is 0 Å². The molecular weight excluding hydrogens is 473 g/mol. The number of rotatable bonds is 5. The van der Waals surface area contributed by atoms with E-state index >= 15 is 0 Å². The third-order valence-electron chi connectivity index (χ3n) is 5.78. The fourth-order valence-corrected chi connectivity index (χ4v) is 4.39. The van der Waals surface area contributed by atoms with Crippen molar-refractivity contribution < 1.29 is 9.53 Å². The van der Waals surface area contributed by atoms with Gasteiger partial charge >= 0.3 is 0 Å². The van der Waals surface area contributed by atoms with E-state index in [-0.39, 0.29) is 11.9 Å². The smallest absolute Gasteiger partial charge is 0.244 e. The summed E-state index contributed by atoms with van der Waals surface area (Å²) in [6.45, 7) is 0. The molecule has 1 aliphatic rings. The monoisotopic (exact) mass is 493 g/mol. The number of amides is 1. The summed E-state index contributed by atoms with van der Waals surface area (Å²) in [4.78, 5) is 21.4. The maximum Gasteiger partial charge on any atom is 0.244 e. The molecule has 1 atom stereocenters. The topological polar surface area (TPSA) is 81.9 Å². The fraction of sp³-hybridized carbons (Fsp3) is 0.200. The minimum absolute atomic E-state index is 0.0310. The summed E-state index contributed by atoms with van der Waals surface area (Å²) in [7, 11) is 1.59. The Morgan fingerprint density at radius 3 is 2.91 bits per heavy atom. The number of carbonyl (C=O) groups is 1. The van der Waals surface area contributed by atoms with Crippen LogP contribution in [0, 0.1) is 0 Å². The molecule has 1 N–H and O–H groups in total. The highest BCUT2D eigenvalue weighted by Crippen LogP contribution is 2.26. The van der Waals surface area contributed by atoms with Gasteiger partial charge in [0.1, 0.15) is 5.52 Å². The molecule has 0 fully saturated rings. The van der Waals surface area contributed by atoms with Crippen LogP contribution >= 0.6 is 23.2 Å². The quantitative estimate of drug-likeness (QED) is 0.403. The number of hydrogen-bond acceptors (Lipinski definition) is 5. The second-order valence-electron chi connectivity index (χ2n) is 8.05. The molecule has 1 unspecified atom stereocenters. The van der Waals surface area contributed by atoms with E-state index in [9.17, 15) is 4.79 Å². The van der Waals surface area contributed by atoms with Crippen LogP contribution in [0.5, 0.6) is 5.88 Å². The maximum atomic E-state index is 12.5. The highest BCUT2D eigenvalue weighted by molar-refractivity contribution is 6.42. The van der Waals surface area contributed by atoms with Crippen LogP contribution in [0.15, 0.2) is 54.9 Å². The van der Waals surface area contributed by atoms with Gasteiger partial charge < -0.3 is 10.1 Å². The van der Waals surface area contributed by atoms with E-state index < -0.39 is 0 Å². The zero-order chi connectivity index (χ0) is 23.7. The molecule has 1 amide bonds. The van der Waals surface area contributed by atoms with Crippen molar-refractivity contribution in [3.05, 3.63) is 81.7 Å². The Bertz CT molecular complexity index is 1420. The Kier molecular flexibility index (Phi) is 6.22. The van der Waals surface area contributed by atoms with Gasteiger partial charge in [-0.05, 0) is 60.7 Å². The van der Waals surface area contributed by atoms with Gasteiger partial charge in [-0.25, -0.2) is 9.67 Å². The van der Waals surface area contributed by atoms with Crippen LogP contribution < -0.4 is 10.1 Å². The average Bonchev–Trinajstić information content (AvgIpc) is 3.27. The fourth-order valence-electron chi connectivity index (χ4n) is 4.08. The van der Waals surface area contributed by atoms with E-state index in [1.165, 1.54) is 6.08 Å². The molecule has 0 bridgehead atoms. The summed E-state index contributed by atoms with van der Waals surface area (Å²) in [5, 5.41) is 8.82. The first-order valence-corrected chi connectivity index (χ1v) is 11.6. The first-order valence-electron chi connectivity index (χ1n) is 10.8. The largest absolute Gasteiger partial charge is 0.481 e. The highest BCUT2D eigenvalue weighted by atomic mass is 35.5. The van der Waals surface area contributed by atoms with Crippen molar-refractivity contribution in [1.29, 1.82) is 0 Å². The molecule has 9 heteroatoms. The minimum atomic E-state index is -0.150. The third kappa shape index (κ3) is 4.62. The third-order valence-corrected chi connectivity index (χ3v) is 6.52. The van der Waals surface area contributed by atoms with Gasteiger partial charge in [-0.3, -0.25) is 9.78 Å². The van der Waals surface area contributed by atoms with E-state index in [0.717, 1.165) is 46.4 Å². The lowest BCUT2D eigenvalue weighted by Gasteiger charge is -2.21. The maximum absolute atomic E-state index is 12.5. The summed E-state index contributed by atoms with van der Waals surface area (Å²) in [5.41, 5.74) is 5.28. The molecule has 0 spiro atoms. The minimum Gasteiger partial charge on any atom is -0.481 e. The molecule has 3 aromatic heterocycles. The Balaban J connectivity index is 1.31. The number of halogens is 2. The molecule has 5 rings (SSSR count). The van der Waals surface area contributed by atoms with Crippen molar-refractivity contribution in [2.75, 3.05) is 7.11 Å². The lowest BCUT2D eigenvalue weighted by atomic mass is 9.93. The van der Waals surface area contributed by atoms with Crippen molar-refractivity contribution >= 4 is 46.2 Å². The van der Waals surface area contributed by atoms with Gasteiger partial charge in [0.15, 0.2) is 0 Å². The van der Waals surface area contributed by atoms with Gasteiger partial charge in [0.05, 0.1) is 34.1 Å². The van der Waals surface area contributed by atoms with Gasteiger partial charge in [-0.2, -0.15) is 5.10 Å². The number of nitrogens with zero attached hydrogens (tertiary/aromatic N) is 4. The normalized spacial score (nSPS) is 15.4. The molecule has 0 saturated heterocycles. The number of ether oxygens (including phenoxy) is 1. The second-order valence-corrected chi connectivity index (χ2v) is 8.87. The number of pyridine rings is 2. The van der Waals surface area contributed by atoms with Crippen LogP contribution in [0.4, 0.5) is 0 Å². The summed E-state index contributed by atoms with van der Waals surface area (Å²) in [6, 6.07) is 10.8. The molecule has 0 saturated carbocycles. The van der Waals surface area contributed by atoms with Crippen LogP contribution in [-0.4, -0.2) is 38.8 Å². The Morgan fingerprint density at radius 2 is 2.09 bits per heavy atom. The number of carbonyl (C=O) groups excluding carboxylic acids is 1. The van der Waals surface area contributed by atoms with Gasteiger partial charge in [0.2, 0.25) is 11.8 Å². The standard InChI is InChI=1S/C25H21Cl2N5O2/c1-34-24-9-7-21-25(30-24)22(10-11-28-21)32-14-16-13-17(4-6-20(16)31-32)29-23(33)8-3-15-2-5-18(26)19(27)12-15/h2-3,5,7-12,14,17H,4,6,13H2,1H3,(H,29,33). The number of aryl methyl sites for hydroxylation is 1. The number of benzene rings is 1. The second kappa shape index (κ2) is 9.44. The lowest BCUT2D eigenvalue weighted by molar-refractivity contribution is -0.117. The molecule has 1 aliphatic carbocycles. The van der Waals surface area contributed by atoms with Crippen molar-refractivity contribution in [2.45, 2.75) is 25.3 Å². The average molecular weight is 494 g/mol. The first kappa shape index (κ1) is 22.4. The molecule has 4 aromatic rings. The van der Waals surface area contributed by atoms with Crippen molar-refractivity contribution in [3.8, 4) is 11.6 Å². The summed E-state index contributed by atoms with van der Waals surface area (Å²) in [5.74, 6) is 0.374. The summed E-state index contributed by atoms with van der Waals surface area (Å²) >= 11 is 12.0. The van der Waals surface area contributed by atoms with Crippen LogP contribution in [0.25, 0.3) is 22.8 Å². The van der Waals surface area contributed by atoms with Crippen LogP contribution in [0.2, 0.25) is 10.0 Å². The van der Waals surface area contributed by atoms with E-state index in [2.05, 4.69) is 15.3 Å². The molecule has 34 heavy (non-hydrogen) atoms. The number of fused-ring (bicyclic) bond motifs is 2. The van der Waals surface area contributed by atoms with E-state index in [1.807, 2.05) is 29.1 Å². The predicted molar refractivity (Wildman–Crippen MR) is 133 cm³/mol. The van der Waals surface area contributed by atoms with Crippen molar-refractivity contribution in [1.82, 2.24) is 25.1 Å². The molecule has 1 aromatic carbocycles. The SMILES string of the molecule is COc1ccc2nccc(-n3cc4c(n3)CCC(NC(=O)C=Cc3ccc(Cl)c(Cl)c3)C4)c2n1. The van der Waals surface area contributed by atoms with Gasteiger partial charge in [-0.1, -0.05) is 29.3 Å². The number of aromatic nitrogens is 4. The van der Waals surface area contributed by atoms with E-state index in [1.54, 1.807) is 37.6 Å². The molecule has 172 valence electrons. The van der Waals surface area contributed by atoms with E-state index in [0.29, 0.717) is 22.3 Å². The van der Waals surface area contributed by atoms with Crippen molar-refractivity contribution in [3.63, 3.8) is 0 Å². The zero-order valence-corrected chi connectivity index (χ0v) is 19.8. The van der Waals surface area contributed by atoms with Crippen molar-refractivity contribution in [2.24, 2.45) is 0 Å².